The number of benzene rings is 2. The van der Waals surface area contributed by atoms with Gasteiger partial charge in [0.1, 0.15) is 0 Å². The van der Waals surface area contributed by atoms with Crippen molar-refractivity contribution >= 4 is 17.5 Å². The predicted molar refractivity (Wildman–Crippen MR) is 83.8 cm³/mol. The Morgan fingerprint density at radius 3 is 2.09 bits per heavy atom. The fourth-order valence-electron chi connectivity index (χ4n) is 2.92. The Hall–Kier alpha value is -2.79. The lowest BCUT2D eigenvalue weighted by Gasteiger charge is -2.20. The Bertz CT molecular complexity index is 826. The molecular weight excluding hydrogens is 294 g/mol. The maximum absolute atomic E-state index is 12.6. The molecule has 2 aromatic rings. The summed E-state index contributed by atoms with van der Waals surface area (Å²) in [6.45, 7) is 0.157. The molecule has 5 nitrogen and oxygen atoms in total. The lowest BCUT2D eigenvalue weighted by Crippen LogP contribution is -2.22. The van der Waals surface area contributed by atoms with Crippen LogP contribution in [0.3, 0.4) is 0 Å². The molecule has 3 N–H and O–H groups in total. The molecule has 3 rings (SSSR count). The van der Waals surface area contributed by atoms with E-state index in [1.54, 1.807) is 42.5 Å². The molecule has 1 aliphatic carbocycles. The third-order valence-electron chi connectivity index (χ3n) is 4.13. The summed E-state index contributed by atoms with van der Waals surface area (Å²) < 4.78 is 0. The number of aliphatic carboxylic acids is 1. The van der Waals surface area contributed by atoms with Crippen molar-refractivity contribution in [1.29, 1.82) is 0 Å². The van der Waals surface area contributed by atoms with Crippen LogP contribution in [-0.2, 0) is 4.79 Å². The van der Waals surface area contributed by atoms with E-state index in [0.29, 0.717) is 27.8 Å². The number of fused-ring (bicyclic) bond motifs is 2. The summed E-state index contributed by atoms with van der Waals surface area (Å²) in [6.07, 6.45) is -0.117. The van der Waals surface area contributed by atoms with E-state index in [1.165, 1.54) is 0 Å². The van der Waals surface area contributed by atoms with Crippen LogP contribution in [0, 0.1) is 0 Å². The Kier molecular flexibility index (Phi) is 3.80. The summed E-state index contributed by atoms with van der Waals surface area (Å²) in [7, 11) is 0. The number of carboxylic acid groups (broad SMARTS) is 1. The van der Waals surface area contributed by atoms with E-state index in [9.17, 15) is 14.4 Å². The molecule has 0 saturated heterocycles. The molecule has 5 heteroatoms. The van der Waals surface area contributed by atoms with E-state index in [-0.39, 0.29) is 24.5 Å². The molecule has 0 heterocycles. The summed E-state index contributed by atoms with van der Waals surface area (Å²) in [5.74, 6) is -1.75. The minimum Gasteiger partial charge on any atom is -0.481 e. The smallest absolute Gasteiger partial charge is 0.304 e. The van der Waals surface area contributed by atoms with Crippen molar-refractivity contribution in [3.05, 3.63) is 70.3 Å². The molecule has 116 valence electrons. The van der Waals surface area contributed by atoms with E-state index in [4.69, 9.17) is 10.8 Å². The minimum atomic E-state index is -0.953. The number of rotatable bonds is 4. The predicted octanol–water partition coefficient (Wildman–Crippen LogP) is 1.98. The fraction of sp³-hybridized carbons (Fsp3) is 0.167. The van der Waals surface area contributed by atoms with E-state index < -0.39 is 11.9 Å². The van der Waals surface area contributed by atoms with Gasteiger partial charge in [0.2, 0.25) is 0 Å². The Balaban J connectivity index is 2.08. The van der Waals surface area contributed by atoms with Crippen LogP contribution in [0.4, 0.5) is 0 Å². The molecule has 1 unspecified atom stereocenters. The van der Waals surface area contributed by atoms with Crippen LogP contribution in [0.25, 0.3) is 0 Å². The van der Waals surface area contributed by atoms with Crippen LogP contribution in [0.1, 0.15) is 49.7 Å². The van der Waals surface area contributed by atoms with Crippen LogP contribution < -0.4 is 5.73 Å². The zero-order valence-electron chi connectivity index (χ0n) is 12.3. The number of carboxylic acids is 1. The quantitative estimate of drug-likeness (QED) is 0.768. The Morgan fingerprint density at radius 2 is 1.52 bits per heavy atom. The maximum Gasteiger partial charge on any atom is 0.304 e. The van der Waals surface area contributed by atoms with Crippen LogP contribution in [0.15, 0.2) is 42.5 Å². The second kappa shape index (κ2) is 5.78. The normalized spacial score (nSPS) is 14.1. The van der Waals surface area contributed by atoms with Gasteiger partial charge in [-0.1, -0.05) is 36.4 Å². The first-order valence-electron chi connectivity index (χ1n) is 7.27. The number of carbonyl (C=O) groups excluding carboxylic acids is 2. The van der Waals surface area contributed by atoms with Gasteiger partial charge in [0.05, 0.1) is 6.42 Å². The van der Waals surface area contributed by atoms with Crippen molar-refractivity contribution < 1.29 is 19.5 Å². The van der Waals surface area contributed by atoms with Gasteiger partial charge in [-0.2, -0.15) is 0 Å². The van der Waals surface area contributed by atoms with Crippen molar-refractivity contribution in [2.24, 2.45) is 5.73 Å². The molecule has 0 saturated carbocycles. The van der Waals surface area contributed by atoms with E-state index in [0.717, 1.165) is 0 Å². The lowest BCUT2D eigenvalue weighted by molar-refractivity contribution is -0.137. The second-order valence-corrected chi connectivity index (χ2v) is 5.54. The first-order valence-corrected chi connectivity index (χ1v) is 7.27. The maximum atomic E-state index is 12.6. The highest BCUT2D eigenvalue weighted by molar-refractivity contribution is 6.28. The largest absolute Gasteiger partial charge is 0.481 e. The highest BCUT2D eigenvalue weighted by Crippen LogP contribution is 2.30. The summed E-state index contributed by atoms with van der Waals surface area (Å²) in [5, 5.41) is 8.96. The third kappa shape index (κ3) is 2.55. The van der Waals surface area contributed by atoms with Crippen LogP contribution in [0.2, 0.25) is 0 Å². The first-order chi connectivity index (χ1) is 11.0. The zero-order valence-corrected chi connectivity index (χ0v) is 12.3. The number of nitrogens with two attached hydrogens (primary N) is 1. The van der Waals surface area contributed by atoms with Crippen LogP contribution >= 0.6 is 0 Å². The molecule has 0 aromatic heterocycles. The molecule has 0 amide bonds. The monoisotopic (exact) mass is 309 g/mol. The van der Waals surface area contributed by atoms with Gasteiger partial charge in [-0.3, -0.25) is 14.4 Å². The molecular formula is C18H15NO4. The van der Waals surface area contributed by atoms with Gasteiger partial charge in [-0.25, -0.2) is 0 Å². The highest BCUT2D eigenvalue weighted by atomic mass is 16.4. The highest BCUT2D eigenvalue weighted by Gasteiger charge is 2.30. The number of carbonyl (C=O) groups is 3. The van der Waals surface area contributed by atoms with Gasteiger partial charge in [-0.05, 0) is 18.2 Å². The molecule has 1 aliphatic rings. The molecule has 0 fully saturated rings. The van der Waals surface area contributed by atoms with E-state index >= 15 is 0 Å². The Labute approximate surface area is 132 Å². The number of hydrogen-bond donors (Lipinski definition) is 2. The summed E-state index contributed by atoms with van der Waals surface area (Å²) in [6, 6.07) is 11.6. The van der Waals surface area contributed by atoms with Crippen molar-refractivity contribution in [2.45, 2.75) is 12.3 Å². The second-order valence-electron chi connectivity index (χ2n) is 5.54. The van der Waals surface area contributed by atoms with E-state index in [1.807, 2.05) is 0 Å². The molecule has 0 aliphatic heterocycles. The van der Waals surface area contributed by atoms with Crippen molar-refractivity contribution in [1.82, 2.24) is 0 Å². The van der Waals surface area contributed by atoms with Crippen molar-refractivity contribution in [2.75, 3.05) is 6.54 Å². The lowest BCUT2D eigenvalue weighted by atomic mass is 9.82. The van der Waals surface area contributed by atoms with Gasteiger partial charge in [0.15, 0.2) is 11.6 Å². The summed E-state index contributed by atoms with van der Waals surface area (Å²) in [4.78, 5) is 36.1. The van der Waals surface area contributed by atoms with Gasteiger partial charge >= 0.3 is 5.97 Å². The molecule has 1 atom stereocenters. The Morgan fingerprint density at radius 1 is 0.957 bits per heavy atom. The minimum absolute atomic E-state index is 0.117. The third-order valence-corrected chi connectivity index (χ3v) is 4.13. The SMILES string of the molecule is NCC(CC(=O)O)c1ccc2c(c1)C(=O)c1ccccc1C2=O. The molecule has 0 bridgehead atoms. The topological polar surface area (TPSA) is 97.5 Å². The van der Waals surface area contributed by atoms with E-state index in [2.05, 4.69) is 0 Å². The average molecular weight is 309 g/mol. The van der Waals surface area contributed by atoms with Crippen LogP contribution in [-0.4, -0.2) is 29.2 Å². The van der Waals surface area contributed by atoms with Crippen LogP contribution in [0.5, 0.6) is 0 Å². The summed E-state index contributed by atoms with van der Waals surface area (Å²) in [5.41, 5.74) is 7.76. The first kappa shape index (κ1) is 15.1. The van der Waals surface area contributed by atoms with Crippen molar-refractivity contribution in [3.63, 3.8) is 0 Å². The standard InChI is InChI=1S/C18H15NO4/c19-9-11(8-16(20)21)10-5-6-14-15(7-10)18(23)13-4-2-1-3-12(13)17(14)22/h1-7,11H,8-9,19H2,(H,20,21). The zero-order chi connectivity index (χ0) is 16.6. The van der Waals surface area contributed by atoms with Gasteiger partial charge < -0.3 is 10.8 Å². The van der Waals surface area contributed by atoms with Gasteiger partial charge in [0.25, 0.3) is 0 Å². The molecule has 2 aromatic carbocycles. The van der Waals surface area contributed by atoms with Gasteiger partial charge in [0, 0.05) is 28.2 Å². The van der Waals surface area contributed by atoms with Gasteiger partial charge in [-0.15, -0.1) is 0 Å². The summed E-state index contributed by atoms with van der Waals surface area (Å²) >= 11 is 0. The number of hydrogen-bond acceptors (Lipinski definition) is 4. The average Bonchev–Trinajstić information content (AvgIpc) is 2.57. The molecule has 23 heavy (non-hydrogen) atoms. The molecule has 0 radical (unpaired) electrons. The van der Waals surface area contributed by atoms with Crippen molar-refractivity contribution in [3.8, 4) is 0 Å². The molecule has 0 spiro atoms. The fourth-order valence-corrected chi connectivity index (χ4v) is 2.92. The number of ketones is 2.